The van der Waals surface area contributed by atoms with Crippen molar-refractivity contribution in [1.29, 1.82) is 0 Å². The third-order valence-corrected chi connectivity index (χ3v) is 2.37. The summed E-state index contributed by atoms with van der Waals surface area (Å²) in [4.78, 5) is 9.93. The van der Waals surface area contributed by atoms with Crippen molar-refractivity contribution in [2.75, 3.05) is 6.61 Å². The maximum atomic E-state index is 9.93. The van der Waals surface area contributed by atoms with E-state index in [9.17, 15) is 4.79 Å². The Balaban J connectivity index is 0. The number of esters is 1. The highest BCUT2D eigenvalue weighted by Gasteiger charge is 2.01. The summed E-state index contributed by atoms with van der Waals surface area (Å²) in [6.07, 6.45) is 2.14. The Morgan fingerprint density at radius 3 is 1.88 bits per heavy atom. The molecule has 0 N–H and O–H groups in total. The maximum absolute atomic E-state index is 9.93. The highest BCUT2D eigenvalue weighted by atomic mass is 27.2. The first-order valence-corrected chi connectivity index (χ1v) is 6.21. The average molecular weight is 245 g/mol. The lowest BCUT2D eigenvalue weighted by Crippen LogP contribution is -2.14. The van der Waals surface area contributed by atoms with Gasteiger partial charge in [-0.2, -0.15) is 0 Å². The Kier molecular flexibility index (Phi) is 14.4. The predicted molar refractivity (Wildman–Crippen MR) is 65.0 cm³/mol. The fraction of sp³-hybridized carbons (Fsp3) is 0.727. The lowest BCUT2D eigenvalue weighted by molar-refractivity contribution is -0.139. The summed E-state index contributed by atoms with van der Waals surface area (Å²) in [5.41, 5.74) is 0. The molecule has 0 aromatic heterocycles. The zero-order valence-corrected chi connectivity index (χ0v) is 12.0. The van der Waals surface area contributed by atoms with Crippen LogP contribution in [0, 0.1) is 0 Å². The Bertz CT molecular complexity index is 173. The van der Waals surface area contributed by atoms with E-state index in [0.29, 0.717) is 18.8 Å². The van der Waals surface area contributed by atoms with E-state index in [4.69, 9.17) is 7.58 Å². The van der Waals surface area contributed by atoms with Crippen molar-refractivity contribution in [2.24, 2.45) is 0 Å². The fourth-order valence-electron chi connectivity index (χ4n) is 0.431. The molecule has 1 radical (unpaired) electrons. The number of rotatable bonds is 6. The summed E-state index contributed by atoms with van der Waals surface area (Å²) in [5, 5.41) is 0. The van der Waals surface area contributed by atoms with Crippen molar-refractivity contribution in [3.05, 3.63) is 12.7 Å². The van der Waals surface area contributed by atoms with Crippen LogP contribution in [-0.2, 0) is 17.1 Å². The maximum Gasteiger partial charge on any atom is 0.668 e. The monoisotopic (exact) mass is 245 g/mol. The third kappa shape index (κ3) is 23.5. The van der Waals surface area contributed by atoms with E-state index in [1.165, 1.54) is 13.0 Å². The van der Waals surface area contributed by atoms with Crippen molar-refractivity contribution in [2.45, 2.75) is 46.8 Å². The van der Waals surface area contributed by atoms with E-state index < -0.39 is 0 Å². The van der Waals surface area contributed by atoms with Gasteiger partial charge in [-0.3, -0.25) is 4.79 Å². The summed E-state index contributed by atoms with van der Waals surface area (Å²) < 4.78 is 14.9. The first kappa shape index (κ1) is 18.0. The van der Waals surface area contributed by atoms with Crippen molar-refractivity contribution in [3.63, 3.8) is 0 Å². The fourth-order valence-corrected chi connectivity index (χ4v) is 0.939. The van der Waals surface area contributed by atoms with Gasteiger partial charge in [0.05, 0.1) is 0 Å². The molecule has 0 saturated heterocycles. The molecule has 93 valence electrons. The summed E-state index contributed by atoms with van der Waals surface area (Å²) >= 11 is -0.245. The van der Waals surface area contributed by atoms with Crippen molar-refractivity contribution < 1.29 is 17.1 Å². The molecule has 0 unspecified atom stereocenters. The van der Waals surface area contributed by atoms with Gasteiger partial charge in [-0.1, -0.05) is 12.7 Å². The second kappa shape index (κ2) is 12.7. The molecule has 5 heteroatoms. The third-order valence-electron chi connectivity index (χ3n) is 1.06. The minimum absolute atomic E-state index is 0.245. The van der Waals surface area contributed by atoms with Gasteiger partial charge in [-0.15, -0.1) is 0 Å². The van der Waals surface area contributed by atoms with Crippen LogP contribution in [0.1, 0.15) is 34.6 Å². The van der Waals surface area contributed by atoms with Crippen LogP contribution in [0.15, 0.2) is 12.7 Å². The van der Waals surface area contributed by atoms with Gasteiger partial charge in [0.15, 0.2) is 0 Å². The molecule has 0 aromatic rings. The summed E-state index contributed by atoms with van der Waals surface area (Å²) in [6, 6.07) is 0. The Morgan fingerprint density at radius 2 is 1.69 bits per heavy atom. The molecule has 0 aliphatic carbocycles. The smallest absolute Gasteiger partial charge is 0.482 e. The van der Waals surface area contributed by atoms with Crippen molar-refractivity contribution in [1.82, 2.24) is 0 Å². The molecule has 0 atom stereocenters. The zero-order chi connectivity index (χ0) is 13.0. The molecular formula is C11H22AlO4. The molecule has 0 bridgehead atoms. The van der Waals surface area contributed by atoms with Crippen LogP contribution >= 0.6 is 0 Å². The van der Waals surface area contributed by atoms with E-state index in [0.717, 1.165) is 0 Å². The van der Waals surface area contributed by atoms with Gasteiger partial charge in [0.2, 0.25) is 0 Å². The normalized spacial score (nSPS) is 9.44. The topological polar surface area (TPSA) is 44.8 Å². The Hall–Kier alpha value is -0.338. The van der Waals surface area contributed by atoms with E-state index in [1.807, 2.05) is 27.7 Å². The van der Waals surface area contributed by atoms with E-state index in [1.54, 1.807) is 0 Å². The zero-order valence-electron chi connectivity index (χ0n) is 10.9. The lowest BCUT2D eigenvalue weighted by atomic mass is 10.5. The van der Waals surface area contributed by atoms with Gasteiger partial charge in [0.25, 0.3) is 0 Å². The van der Waals surface area contributed by atoms with E-state index >= 15 is 0 Å². The number of hydrogen-bond donors (Lipinski definition) is 0. The molecule has 0 aliphatic rings. The molecule has 0 saturated carbocycles. The van der Waals surface area contributed by atoms with Gasteiger partial charge in [0.1, 0.15) is 6.61 Å². The van der Waals surface area contributed by atoms with Gasteiger partial charge in [-0.25, -0.2) is 0 Å². The number of hydrogen-bond acceptors (Lipinski definition) is 4. The van der Waals surface area contributed by atoms with Gasteiger partial charge >= 0.3 is 21.9 Å². The van der Waals surface area contributed by atoms with Crippen molar-refractivity contribution in [3.8, 4) is 0 Å². The molecular weight excluding hydrogens is 223 g/mol. The average Bonchev–Trinajstić information content (AvgIpc) is 2.14. The Labute approximate surface area is 105 Å². The number of carbonyl (C=O) groups excluding carboxylic acids is 1. The largest absolute Gasteiger partial charge is 0.668 e. The SMILES string of the molecule is C=CCOC(C)=O.CC(C)[O][Al][O]C(C)C. The molecule has 0 aromatic carbocycles. The highest BCUT2D eigenvalue weighted by Crippen LogP contribution is 1.89. The van der Waals surface area contributed by atoms with Crippen LogP contribution in [0.3, 0.4) is 0 Å². The molecule has 0 amide bonds. The number of ether oxygens (including phenoxy) is 1. The van der Waals surface area contributed by atoms with Crippen LogP contribution in [-0.4, -0.2) is 40.7 Å². The van der Waals surface area contributed by atoms with Gasteiger partial charge < -0.3 is 12.3 Å². The van der Waals surface area contributed by atoms with Crippen LogP contribution in [0.5, 0.6) is 0 Å². The highest BCUT2D eigenvalue weighted by molar-refractivity contribution is 6.18. The minimum atomic E-state index is -0.264. The summed E-state index contributed by atoms with van der Waals surface area (Å²) in [5.74, 6) is -0.264. The quantitative estimate of drug-likeness (QED) is 0.408. The second-order valence-electron chi connectivity index (χ2n) is 3.56. The minimum Gasteiger partial charge on any atom is -0.482 e. The molecule has 0 spiro atoms. The molecule has 0 aliphatic heterocycles. The molecule has 4 nitrogen and oxygen atoms in total. The Morgan fingerprint density at radius 1 is 1.25 bits per heavy atom. The molecule has 0 rings (SSSR count). The summed E-state index contributed by atoms with van der Waals surface area (Å²) in [7, 11) is 0. The van der Waals surface area contributed by atoms with Gasteiger partial charge in [0, 0.05) is 19.1 Å². The first-order chi connectivity index (χ1) is 7.40. The molecule has 16 heavy (non-hydrogen) atoms. The first-order valence-electron chi connectivity index (χ1n) is 5.27. The standard InChI is InChI=1S/C5H8O2.2C3H7O.Al/c1-3-4-7-5(2)6;2*1-3(2)4;/h3H,1,4H2,2H3;2*3H,1-2H3;/q;2*-1;+2. The van der Waals surface area contributed by atoms with Crippen LogP contribution in [0.25, 0.3) is 0 Å². The second-order valence-corrected chi connectivity index (χ2v) is 4.29. The lowest BCUT2D eigenvalue weighted by Gasteiger charge is -2.09. The van der Waals surface area contributed by atoms with Crippen LogP contribution < -0.4 is 0 Å². The van der Waals surface area contributed by atoms with E-state index in [2.05, 4.69) is 11.3 Å². The number of carbonyl (C=O) groups is 1. The van der Waals surface area contributed by atoms with Crippen LogP contribution in [0.2, 0.25) is 0 Å². The molecule has 0 heterocycles. The van der Waals surface area contributed by atoms with Crippen LogP contribution in [0.4, 0.5) is 0 Å². The van der Waals surface area contributed by atoms with Gasteiger partial charge in [-0.05, 0) is 27.7 Å². The molecule has 0 fully saturated rings. The predicted octanol–water partition coefficient (Wildman–Crippen LogP) is 2.11. The van der Waals surface area contributed by atoms with E-state index in [-0.39, 0.29) is 21.9 Å². The summed E-state index contributed by atoms with van der Waals surface area (Å²) in [6.45, 7) is 13.1. The van der Waals surface area contributed by atoms with Crippen molar-refractivity contribution >= 4 is 21.9 Å².